The van der Waals surface area contributed by atoms with Crippen molar-refractivity contribution in [2.24, 2.45) is 11.3 Å². The Kier molecular flexibility index (Phi) is 7.62. The van der Waals surface area contributed by atoms with Crippen LogP contribution in [0.4, 0.5) is 10.1 Å². The van der Waals surface area contributed by atoms with E-state index < -0.39 is 16.1 Å². The lowest BCUT2D eigenvalue weighted by atomic mass is 9.87. The first kappa shape index (κ1) is 28.5. The first-order valence-corrected chi connectivity index (χ1v) is 21.8. The van der Waals surface area contributed by atoms with Crippen LogP contribution in [0.5, 0.6) is 0 Å². The number of hydrogen-bond donors (Lipinski definition) is 1. The highest BCUT2D eigenvalue weighted by molar-refractivity contribution is 6.76. The van der Waals surface area contributed by atoms with E-state index in [-0.39, 0.29) is 12.5 Å². The zero-order valence-electron chi connectivity index (χ0n) is 25.1. The van der Waals surface area contributed by atoms with Gasteiger partial charge in [-0.25, -0.2) is 14.1 Å². The van der Waals surface area contributed by atoms with Crippen LogP contribution in [0.3, 0.4) is 0 Å². The molecule has 0 unspecified atom stereocenters. The van der Waals surface area contributed by atoms with Gasteiger partial charge in [0.05, 0.1) is 5.52 Å². The topological polar surface area (TPSA) is 66.1 Å². The molecule has 2 aliphatic carbocycles. The van der Waals surface area contributed by atoms with Crippen LogP contribution in [0.2, 0.25) is 51.4 Å². The third-order valence-corrected chi connectivity index (χ3v) is 11.9. The molecule has 0 spiro atoms. The van der Waals surface area contributed by atoms with Crippen molar-refractivity contribution in [2.45, 2.75) is 91.0 Å². The van der Waals surface area contributed by atoms with E-state index in [1.807, 2.05) is 10.6 Å². The Morgan fingerprint density at radius 2 is 1.72 bits per heavy atom. The number of anilines is 1. The van der Waals surface area contributed by atoms with Crippen LogP contribution >= 0.6 is 0 Å². The number of ether oxygens (including phenoxy) is 2. The maximum atomic E-state index is 15.5. The van der Waals surface area contributed by atoms with Crippen molar-refractivity contribution in [3.63, 3.8) is 0 Å². The van der Waals surface area contributed by atoms with E-state index >= 15 is 4.39 Å². The highest BCUT2D eigenvalue weighted by atomic mass is 28.3. The Labute approximate surface area is 234 Å². The predicted octanol–water partition coefficient (Wildman–Crippen LogP) is 6.83. The van der Waals surface area contributed by atoms with Crippen molar-refractivity contribution in [2.75, 3.05) is 25.6 Å². The van der Waals surface area contributed by atoms with Gasteiger partial charge in [-0.15, -0.1) is 0 Å². The van der Waals surface area contributed by atoms with Gasteiger partial charge in [0.15, 0.2) is 11.6 Å². The molecule has 2 atom stereocenters. The normalized spacial score (nSPS) is 20.8. The number of rotatable bonds is 12. The Hall–Kier alpha value is -2.02. The summed E-state index contributed by atoms with van der Waals surface area (Å²) in [4.78, 5) is 4.99. The van der Waals surface area contributed by atoms with Crippen LogP contribution < -0.4 is 5.32 Å². The number of benzene rings is 1. The third-order valence-electron chi connectivity index (χ3n) is 8.45. The minimum Gasteiger partial charge on any atom is -0.388 e. The number of fused-ring (bicyclic) bond motifs is 3. The standard InChI is InChI=1S/C29H46FN5O2Si2/c1-29-16-20(29)13-22-25(17-29)35(19-37-10-12-39(6,7)8)33-26(22)28-32-24-15-21(31-2)14-23(30)27(24)34(28)18-36-9-11-38(3,4)5/h14-15,20,31H,9-13,16-19H2,1-8H3/t20-,29-/m1/s1. The van der Waals surface area contributed by atoms with Gasteiger partial charge in [0.25, 0.3) is 0 Å². The lowest BCUT2D eigenvalue weighted by molar-refractivity contribution is 0.0756. The summed E-state index contributed by atoms with van der Waals surface area (Å²) in [6.07, 6.45) is 3.23. The first-order valence-electron chi connectivity index (χ1n) is 14.4. The Morgan fingerprint density at radius 3 is 2.36 bits per heavy atom. The molecular weight excluding hydrogens is 526 g/mol. The fraction of sp³-hybridized carbons (Fsp3) is 0.655. The molecule has 1 saturated carbocycles. The number of imidazole rings is 1. The summed E-state index contributed by atoms with van der Waals surface area (Å²) < 4.78 is 31.8. The van der Waals surface area contributed by atoms with E-state index in [1.165, 1.54) is 23.7 Å². The van der Waals surface area contributed by atoms with Gasteiger partial charge in [0.1, 0.15) is 24.7 Å². The molecule has 7 nitrogen and oxygen atoms in total. The molecule has 1 N–H and O–H groups in total. The van der Waals surface area contributed by atoms with Crippen LogP contribution in [-0.4, -0.2) is 55.7 Å². The quantitative estimate of drug-likeness (QED) is 0.191. The summed E-state index contributed by atoms with van der Waals surface area (Å²) in [7, 11) is -0.627. The van der Waals surface area contributed by atoms with Crippen LogP contribution in [0.25, 0.3) is 22.6 Å². The van der Waals surface area contributed by atoms with Crippen molar-refractivity contribution in [1.82, 2.24) is 19.3 Å². The second-order valence-corrected chi connectivity index (χ2v) is 25.6. The minimum absolute atomic E-state index is 0.252. The summed E-state index contributed by atoms with van der Waals surface area (Å²) in [5.74, 6) is 1.06. The van der Waals surface area contributed by atoms with Gasteiger partial charge in [-0.3, -0.25) is 4.57 Å². The largest absolute Gasteiger partial charge is 0.388 e. The van der Waals surface area contributed by atoms with Crippen molar-refractivity contribution in [3.05, 3.63) is 29.2 Å². The van der Waals surface area contributed by atoms with Crippen LogP contribution in [0.15, 0.2) is 12.1 Å². The summed E-state index contributed by atoms with van der Waals surface area (Å²) in [6.45, 7) is 18.6. The number of hydrogen-bond acceptors (Lipinski definition) is 5. The van der Waals surface area contributed by atoms with Gasteiger partial charge >= 0.3 is 0 Å². The van der Waals surface area contributed by atoms with Crippen LogP contribution in [0.1, 0.15) is 24.6 Å². The van der Waals surface area contributed by atoms with Crippen LogP contribution in [-0.2, 0) is 35.8 Å². The molecule has 0 radical (unpaired) electrons. The Morgan fingerprint density at radius 1 is 1.05 bits per heavy atom. The van der Waals surface area contributed by atoms with E-state index in [0.29, 0.717) is 47.2 Å². The van der Waals surface area contributed by atoms with Crippen molar-refractivity contribution in [1.29, 1.82) is 0 Å². The highest BCUT2D eigenvalue weighted by Gasteiger charge is 2.54. The van der Waals surface area contributed by atoms with Gasteiger partial charge in [-0.05, 0) is 54.8 Å². The molecule has 1 fully saturated rings. The lowest BCUT2D eigenvalue weighted by Gasteiger charge is -2.20. The Bertz CT molecular complexity index is 1360. The van der Waals surface area contributed by atoms with E-state index in [2.05, 4.69) is 56.2 Å². The number of halogens is 1. The van der Waals surface area contributed by atoms with Gasteiger partial charge in [-0.1, -0.05) is 46.2 Å². The molecule has 0 saturated heterocycles. The molecule has 10 heteroatoms. The Balaban J connectivity index is 1.53. The second-order valence-electron chi connectivity index (χ2n) is 14.3. The SMILES string of the molecule is CNc1cc(F)c2c(c1)nc(-c1nn(COCC[Si](C)(C)C)c3c1C[C@@H]1C[C@]1(C)C3)n2COCC[Si](C)(C)C. The van der Waals surface area contributed by atoms with Crippen molar-refractivity contribution >= 4 is 32.9 Å². The highest BCUT2D eigenvalue weighted by Crippen LogP contribution is 2.60. The molecule has 5 rings (SSSR count). The fourth-order valence-electron chi connectivity index (χ4n) is 5.63. The van der Waals surface area contributed by atoms with Gasteiger partial charge in [0.2, 0.25) is 0 Å². The molecule has 214 valence electrons. The summed E-state index contributed by atoms with van der Waals surface area (Å²) >= 11 is 0. The van der Waals surface area contributed by atoms with E-state index in [0.717, 1.165) is 37.2 Å². The summed E-state index contributed by atoms with van der Waals surface area (Å²) in [6, 6.07) is 5.62. The van der Waals surface area contributed by atoms with Gasteiger partial charge in [-0.2, -0.15) is 5.10 Å². The number of nitrogens with one attached hydrogen (secondary N) is 1. The molecule has 2 heterocycles. The molecule has 0 bridgehead atoms. The average molecular weight is 572 g/mol. The zero-order chi connectivity index (χ0) is 28.2. The maximum Gasteiger partial charge on any atom is 0.164 e. The van der Waals surface area contributed by atoms with E-state index in [4.69, 9.17) is 19.6 Å². The summed E-state index contributed by atoms with van der Waals surface area (Å²) in [5.41, 5.74) is 5.49. The molecule has 0 amide bonds. The molecule has 0 aliphatic heterocycles. The molecule has 39 heavy (non-hydrogen) atoms. The molecule has 1 aromatic carbocycles. The second kappa shape index (κ2) is 10.4. The fourth-order valence-corrected chi connectivity index (χ4v) is 7.15. The molecule has 3 aromatic rings. The lowest BCUT2D eigenvalue weighted by Crippen LogP contribution is -2.23. The smallest absolute Gasteiger partial charge is 0.164 e. The van der Waals surface area contributed by atoms with Crippen molar-refractivity contribution < 1.29 is 13.9 Å². The monoisotopic (exact) mass is 571 g/mol. The van der Waals surface area contributed by atoms with Gasteiger partial charge < -0.3 is 14.8 Å². The van der Waals surface area contributed by atoms with E-state index in [9.17, 15) is 0 Å². The number of nitrogens with zero attached hydrogens (tertiary/aromatic N) is 4. The molecular formula is C29H46FN5O2Si2. The summed E-state index contributed by atoms with van der Waals surface area (Å²) in [5, 5.41) is 8.17. The first-order chi connectivity index (χ1) is 18.3. The van der Waals surface area contributed by atoms with E-state index in [1.54, 1.807) is 7.05 Å². The van der Waals surface area contributed by atoms with Gasteiger partial charge in [0, 0.05) is 53.4 Å². The predicted molar refractivity (Wildman–Crippen MR) is 162 cm³/mol. The molecule has 2 aliphatic rings. The zero-order valence-corrected chi connectivity index (χ0v) is 27.1. The van der Waals surface area contributed by atoms with Crippen molar-refractivity contribution in [3.8, 4) is 11.5 Å². The maximum absolute atomic E-state index is 15.5. The minimum atomic E-state index is -1.25. The third kappa shape index (κ3) is 6.18. The number of aromatic nitrogens is 4. The van der Waals surface area contributed by atoms with Crippen LogP contribution in [0, 0.1) is 17.2 Å². The average Bonchev–Trinajstić information content (AvgIpc) is 3.18. The molecule has 2 aromatic heterocycles.